The van der Waals surface area contributed by atoms with E-state index in [2.05, 4.69) is 20.3 Å². The van der Waals surface area contributed by atoms with Gasteiger partial charge in [0.15, 0.2) is 0 Å². The van der Waals surface area contributed by atoms with Crippen molar-refractivity contribution in [2.45, 2.75) is 13.5 Å². The number of hydrogen-bond acceptors (Lipinski definition) is 2. The number of hydrogen-bond donors (Lipinski definition) is 3. The average Bonchev–Trinajstić information content (AvgIpc) is 2.84. The number of rotatable bonds is 3. The molecule has 5 nitrogen and oxygen atoms in total. The van der Waals surface area contributed by atoms with Crippen LogP contribution in [0.1, 0.15) is 22.0 Å². The Bertz CT molecular complexity index is 444. The standard InChI is InChI=1S/C10H12N4O/c1-7-12-6-9(14-7)10(15)13-5-8-3-2-4-11-8/h2-4,6,11H,5H2,1H3,(H,12,14)(H,13,15). The number of nitrogens with one attached hydrogen (secondary N) is 3. The van der Waals surface area contributed by atoms with Crippen molar-refractivity contribution in [2.24, 2.45) is 0 Å². The van der Waals surface area contributed by atoms with Crippen LogP contribution in [0.3, 0.4) is 0 Å². The van der Waals surface area contributed by atoms with Crippen LogP contribution in [0.5, 0.6) is 0 Å². The van der Waals surface area contributed by atoms with E-state index in [0.29, 0.717) is 12.2 Å². The largest absolute Gasteiger partial charge is 0.364 e. The molecule has 2 heterocycles. The fourth-order valence-electron chi connectivity index (χ4n) is 1.28. The molecule has 0 bridgehead atoms. The lowest BCUT2D eigenvalue weighted by Gasteiger charge is -2.00. The highest BCUT2D eigenvalue weighted by Crippen LogP contribution is 1.97. The van der Waals surface area contributed by atoms with E-state index < -0.39 is 0 Å². The van der Waals surface area contributed by atoms with Gasteiger partial charge in [-0.3, -0.25) is 4.79 Å². The molecule has 5 heteroatoms. The van der Waals surface area contributed by atoms with E-state index in [4.69, 9.17) is 0 Å². The monoisotopic (exact) mass is 204 g/mol. The van der Waals surface area contributed by atoms with Gasteiger partial charge in [0.2, 0.25) is 0 Å². The minimum absolute atomic E-state index is 0.148. The van der Waals surface area contributed by atoms with E-state index in [-0.39, 0.29) is 5.91 Å². The molecule has 0 aliphatic heterocycles. The Morgan fingerprint density at radius 1 is 1.60 bits per heavy atom. The molecule has 2 rings (SSSR count). The summed E-state index contributed by atoms with van der Waals surface area (Å²) in [4.78, 5) is 21.4. The molecule has 2 aromatic heterocycles. The van der Waals surface area contributed by atoms with Crippen LogP contribution >= 0.6 is 0 Å². The lowest BCUT2D eigenvalue weighted by molar-refractivity contribution is 0.0946. The molecular formula is C10H12N4O. The van der Waals surface area contributed by atoms with Crippen molar-refractivity contribution in [2.75, 3.05) is 0 Å². The van der Waals surface area contributed by atoms with Gasteiger partial charge >= 0.3 is 0 Å². The first-order valence-electron chi connectivity index (χ1n) is 4.68. The molecule has 0 fully saturated rings. The third kappa shape index (κ3) is 2.25. The van der Waals surface area contributed by atoms with Crippen molar-refractivity contribution in [3.8, 4) is 0 Å². The fraction of sp³-hybridized carbons (Fsp3) is 0.200. The molecule has 0 saturated carbocycles. The molecule has 2 aromatic rings. The Morgan fingerprint density at radius 3 is 3.07 bits per heavy atom. The first-order valence-corrected chi connectivity index (χ1v) is 4.68. The molecule has 1 amide bonds. The summed E-state index contributed by atoms with van der Waals surface area (Å²) in [5.74, 6) is 0.588. The maximum absolute atomic E-state index is 11.6. The normalized spacial score (nSPS) is 10.2. The molecule has 0 atom stereocenters. The molecule has 0 aromatic carbocycles. The second kappa shape index (κ2) is 4.00. The van der Waals surface area contributed by atoms with Crippen LogP contribution in [0.25, 0.3) is 0 Å². The van der Waals surface area contributed by atoms with Crippen molar-refractivity contribution >= 4 is 5.91 Å². The van der Waals surface area contributed by atoms with Gasteiger partial charge in [0.25, 0.3) is 5.91 Å². The summed E-state index contributed by atoms with van der Waals surface area (Å²) in [5.41, 5.74) is 1.46. The van der Waals surface area contributed by atoms with Gasteiger partial charge in [-0.2, -0.15) is 0 Å². The minimum Gasteiger partial charge on any atom is -0.364 e. The molecule has 78 valence electrons. The van der Waals surface area contributed by atoms with E-state index in [0.717, 1.165) is 11.5 Å². The summed E-state index contributed by atoms with van der Waals surface area (Å²) in [6.07, 6.45) is 3.35. The number of aryl methyl sites for hydroxylation is 1. The summed E-state index contributed by atoms with van der Waals surface area (Å²) in [7, 11) is 0. The number of nitrogens with zero attached hydrogens (tertiary/aromatic N) is 1. The van der Waals surface area contributed by atoms with E-state index in [1.54, 1.807) is 0 Å². The van der Waals surface area contributed by atoms with Crippen LogP contribution in [0.15, 0.2) is 24.5 Å². The lowest BCUT2D eigenvalue weighted by atomic mass is 10.4. The van der Waals surface area contributed by atoms with Crippen LogP contribution in [0.4, 0.5) is 0 Å². The van der Waals surface area contributed by atoms with Crippen molar-refractivity contribution < 1.29 is 4.79 Å². The van der Waals surface area contributed by atoms with Gasteiger partial charge in [-0.15, -0.1) is 0 Å². The molecule has 0 aliphatic carbocycles. The summed E-state index contributed by atoms with van der Waals surface area (Å²) < 4.78 is 0. The summed E-state index contributed by atoms with van der Waals surface area (Å²) in [5, 5.41) is 2.77. The van der Waals surface area contributed by atoms with Gasteiger partial charge in [0.05, 0.1) is 12.7 Å². The smallest absolute Gasteiger partial charge is 0.269 e. The number of H-pyrrole nitrogens is 2. The minimum atomic E-state index is -0.148. The Hall–Kier alpha value is -2.04. The Kier molecular flexibility index (Phi) is 2.53. The van der Waals surface area contributed by atoms with Gasteiger partial charge in [0.1, 0.15) is 11.5 Å². The van der Waals surface area contributed by atoms with E-state index in [1.807, 2.05) is 25.3 Å². The second-order valence-electron chi connectivity index (χ2n) is 3.26. The van der Waals surface area contributed by atoms with Gasteiger partial charge in [-0.05, 0) is 19.1 Å². The Labute approximate surface area is 86.9 Å². The highest BCUT2D eigenvalue weighted by molar-refractivity contribution is 5.91. The topological polar surface area (TPSA) is 73.6 Å². The fourth-order valence-corrected chi connectivity index (χ4v) is 1.28. The first-order chi connectivity index (χ1) is 7.25. The maximum Gasteiger partial charge on any atom is 0.269 e. The third-order valence-electron chi connectivity index (χ3n) is 2.05. The van der Waals surface area contributed by atoms with Crippen molar-refractivity contribution in [1.29, 1.82) is 0 Å². The summed E-state index contributed by atoms with van der Waals surface area (Å²) >= 11 is 0. The number of aromatic nitrogens is 3. The van der Waals surface area contributed by atoms with Crippen LogP contribution in [-0.2, 0) is 6.54 Å². The average molecular weight is 204 g/mol. The predicted molar refractivity (Wildman–Crippen MR) is 55.3 cm³/mol. The number of carbonyl (C=O) groups is 1. The van der Waals surface area contributed by atoms with Crippen molar-refractivity contribution in [3.05, 3.63) is 41.7 Å². The molecule has 0 unspecified atom stereocenters. The third-order valence-corrected chi connectivity index (χ3v) is 2.05. The Balaban J connectivity index is 1.93. The molecule has 0 aliphatic rings. The van der Waals surface area contributed by atoms with E-state index >= 15 is 0 Å². The number of aromatic amines is 2. The van der Waals surface area contributed by atoms with Crippen LogP contribution < -0.4 is 5.32 Å². The lowest BCUT2D eigenvalue weighted by Crippen LogP contribution is -2.23. The SMILES string of the molecule is Cc1ncc(C(=O)NCc2ccc[nH]2)[nH]1. The van der Waals surface area contributed by atoms with E-state index in [1.165, 1.54) is 6.20 Å². The molecule has 3 N–H and O–H groups in total. The highest BCUT2D eigenvalue weighted by atomic mass is 16.1. The molecule has 0 radical (unpaired) electrons. The van der Waals surface area contributed by atoms with Crippen LogP contribution in [-0.4, -0.2) is 20.9 Å². The zero-order valence-electron chi connectivity index (χ0n) is 8.37. The number of imidazole rings is 1. The number of amides is 1. The van der Waals surface area contributed by atoms with Gasteiger partial charge in [0, 0.05) is 11.9 Å². The summed E-state index contributed by atoms with van der Waals surface area (Å²) in [6, 6.07) is 3.81. The van der Waals surface area contributed by atoms with Gasteiger partial charge < -0.3 is 15.3 Å². The maximum atomic E-state index is 11.6. The summed E-state index contributed by atoms with van der Waals surface area (Å²) in [6.45, 7) is 2.30. The van der Waals surface area contributed by atoms with Crippen molar-refractivity contribution in [3.63, 3.8) is 0 Å². The predicted octanol–water partition coefficient (Wildman–Crippen LogP) is 0.976. The Morgan fingerprint density at radius 2 is 2.47 bits per heavy atom. The first kappa shape index (κ1) is 9.51. The molecule has 15 heavy (non-hydrogen) atoms. The van der Waals surface area contributed by atoms with Crippen LogP contribution in [0, 0.1) is 6.92 Å². The zero-order chi connectivity index (χ0) is 10.7. The second-order valence-corrected chi connectivity index (χ2v) is 3.26. The zero-order valence-corrected chi connectivity index (χ0v) is 8.37. The molecule has 0 saturated heterocycles. The number of carbonyl (C=O) groups excluding carboxylic acids is 1. The molecule has 0 spiro atoms. The van der Waals surface area contributed by atoms with Gasteiger partial charge in [-0.25, -0.2) is 4.98 Å². The van der Waals surface area contributed by atoms with Crippen LogP contribution in [0.2, 0.25) is 0 Å². The van der Waals surface area contributed by atoms with Crippen molar-refractivity contribution in [1.82, 2.24) is 20.3 Å². The highest BCUT2D eigenvalue weighted by Gasteiger charge is 2.07. The van der Waals surface area contributed by atoms with E-state index in [9.17, 15) is 4.79 Å². The molecular weight excluding hydrogens is 192 g/mol. The van der Waals surface area contributed by atoms with Gasteiger partial charge in [-0.1, -0.05) is 0 Å². The quantitative estimate of drug-likeness (QED) is 0.697.